The van der Waals surface area contributed by atoms with Gasteiger partial charge >= 0.3 is 0 Å². The zero-order valence-electron chi connectivity index (χ0n) is 15.9. The first-order valence-corrected chi connectivity index (χ1v) is 10.9. The second-order valence-corrected chi connectivity index (χ2v) is 8.79. The molecule has 1 saturated heterocycles. The predicted octanol–water partition coefficient (Wildman–Crippen LogP) is 2.93. The highest BCUT2D eigenvalue weighted by atomic mass is 32.2. The molecule has 1 aliphatic heterocycles. The number of aryl methyl sites for hydroxylation is 1. The van der Waals surface area contributed by atoms with Gasteiger partial charge in [0.05, 0.1) is 23.3 Å². The Balaban J connectivity index is 1.83. The summed E-state index contributed by atoms with van der Waals surface area (Å²) in [5, 5.41) is 1.21. The van der Waals surface area contributed by atoms with Crippen molar-refractivity contribution in [3.8, 4) is 0 Å². The molecule has 3 rings (SSSR count). The Morgan fingerprint density at radius 1 is 1.44 bits per heavy atom. The Bertz CT molecular complexity index is 895. The zero-order chi connectivity index (χ0) is 19.6. The Labute approximate surface area is 167 Å². The number of hydrogen-bond acceptors (Lipinski definition) is 6. The van der Waals surface area contributed by atoms with E-state index < -0.39 is 0 Å². The molecule has 1 aliphatic rings. The number of fused-ring (bicyclic) bond motifs is 1. The molecule has 2 aromatic rings. The zero-order valence-corrected chi connectivity index (χ0v) is 17.6. The highest BCUT2D eigenvalue weighted by Gasteiger charge is 2.26. The number of carbonyl (C=O) groups excluding carboxylic acids is 1. The maximum Gasteiger partial charge on any atom is 0.263 e. The molecular weight excluding hydrogens is 382 g/mol. The first-order valence-electron chi connectivity index (χ1n) is 9.13. The van der Waals surface area contributed by atoms with Crippen LogP contribution in [0.4, 0.5) is 0 Å². The van der Waals surface area contributed by atoms with Gasteiger partial charge in [0.25, 0.3) is 5.56 Å². The largest absolute Gasteiger partial charge is 0.372 e. The van der Waals surface area contributed by atoms with Gasteiger partial charge in [-0.2, -0.15) is 0 Å². The van der Waals surface area contributed by atoms with Gasteiger partial charge < -0.3 is 9.64 Å². The van der Waals surface area contributed by atoms with Crippen molar-refractivity contribution in [2.24, 2.45) is 0 Å². The van der Waals surface area contributed by atoms with Gasteiger partial charge in [-0.3, -0.25) is 14.2 Å². The minimum absolute atomic E-state index is 0.0368. The van der Waals surface area contributed by atoms with Crippen LogP contribution < -0.4 is 5.56 Å². The van der Waals surface area contributed by atoms with Crippen molar-refractivity contribution in [3.05, 3.63) is 34.0 Å². The number of thioether (sulfide) groups is 1. The van der Waals surface area contributed by atoms with Crippen molar-refractivity contribution in [3.63, 3.8) is 0 Å². The van der Waals surface area contributed by atoms with E-state index >= 15 is 0 Å². The fourth-order valence-corrected chi connectivity index (χ4v) is 5.14. The van der Waals surface area contributed by atoms with Crippen LogP contribution in [0.1, 0.15) is 25.6 Å². The van der Waals surface area contributed by atoms with Crippen LogP contribution >= 0.6 is 23.1 Å². The SMILES string of the molecule is C=CCn1c(SCC(=O)N2C[C@@H](C)O[C@H](C)C2)nc2sc(CC)cc2c1=O. The molecule has 0 aliphatic carbocycles. The van der Waals surface area contributed by atoms with Gasteiger partial charge in [0.2, 0.25) is 5.91 Å². The van der Waals surface area contributed by atoms with Crippen LogP contribution in [0.2, 0.25) is 0 Å². The van der Waals surface area contributed by atoms with E-state index in [1.54, 1.807) is 10.6 Å². The summed E-state index contributed by atoms with van der Waals surface area (Å²) in [6.45, 7) is 11.3. The van der Waals surface area contributed by atoms with Crippen molar-refractivity contribution in [1.29, 1.82) is 0 Å². The molecule has 0 spiro atoms. The lowest BCUT2D eigenvalue weighted by Crippen LogP contribution is -2.48. The average molecular weight is 408 g/mol. The number of nitrogens with zero attached hydrogens (tertiary/aromatic N) is 3. The Kier molecular flexibility index (Phi) is 6.39. The predicted molar refractivity (Wildman–Crippen MR) is 111 cm³/mol. The molecule has 0 aromatic carbocycles. The molecule has 0 saturated carbocycles. The molecule has 8 heteroatoms. The lowest BCUT2D eigenvalue weighted by atomic mass is 10.2. The summed E-state index contributed by atoms with van der Waals surface area (Å²) >= 11 is 2.86. The number of carbonyl (C=O) groups is 1. The van der Waals surface area contributed by atoms with E-state index in [0.717, 1.165) is 16.1 Å². The average Bonchev–Trinajstić information content (AvgIpc) is 3.05. The summed E-state index contributed by atoms with van der Waals surface area (Å²) < 4.78 is 7.29. The van der Waals surface area contributed by atoms with Gasteiger partial charge in [-0.05, 0) is 26.3 Å². The minimum atomic E-state index is -0.0700. The molecule has 146 valence electrons. The maximum absolute atomic E-state index is 12.9. The standard InChI is InChI=1S/C19H25N3O3S2/c1-5-7-22-18(24)15-8-14(6-2)27-17(15)20-19(22)26-11-16(23)21-9-12(3)25-13(4)10-21/h5,8,12-13H,1,6-7,9-11H2,2-4H3/t12-,13-/m1/s1. The molecule has 0 N–H and O–H groups in total. The molecule has 6 nitrogen and oxygen atoms in total. The van der Waals surface area contributed by atoms with Gasteiger partial charge in [-0.25, -0.2) is 4.98 Å². The molecule has 2 aromatic heterocycles. The third-order valence-electron chi connectivity index (χ3n) is 4.42. The second-order valence-electron chi connectivity index (χ2n) is 6.73. The lowest BCUT2D eigenvalue weighted by molar-refractivity contribution is -0.140. The van der Waals surface area contributed by atoms with Gasteiger partial charge in [-0.1, -0.05) is 24.8 Å². The lowest BCUT2D eigenvalue weighted by Gasteiger charge is -2.35. The highest BCUT2D eigenvalue weighted by molar-refractivity contribution is 7.99. The van der Waals surface area contributed by atoms with Crippen LogP contribution in [-0.4, -0.2) is 51.4 Å². The van der Waals surface area contributed by atoms with E-state index in [1.165, 1.54) is 23.1 Å². The summed E-state index contributed by atoms with van der Waals surface area (Å²) in [5.41, 5.74) is -0.0700. The second kappa shape index (κ2) is 8.58. The van der Waals surface area contributed by atoms with Gasteiger partial charge in [0, 0.05) is 24.5 Å². The molecule has 27 heavy (non-hydrogen) atoms. The van der Waals surface area contributed by atoms with Crippen molar-refractivity contribution in [1.82, 2.24) is 14.5 Å². The van der Waals surface area contributed by atoms with Crippen LogP contribution in [0, 0.1) is 0 Å². The maximum atomic E-state index is 12.9. The van der Waals surface area contributed by atoms with Crippen LogP contribution in [0.25, 0.3) is 10.2 Å². The van der Waals surface area contributed by atoms with Crippen LogP contribution in [0.3, 0.4) is 0 Å². The summed E-state index contributed by atoms with van der Waals surface area (Å²) in [6, 6.07) is 1.92. The number of morpholine rings is 1. The molecule has 3 heterocycles. The van der Waals surface area contributed by atoms with E-state index in [0.29, 0.717) is 30.2 Å². The van der Waals surface area contributed by atoms with Crippen molar-refractivity contribution in [2.45, 2.75) is 51.1 Å². The number of thiophene rings is 1. The summed E-state index contributed by atoms with van der Waals surface area (Å²) in [7, 11) is 0. The van der Waals surface area contributed by atoms with E-state index in [-0.39, 0.29) is 29.4 Å². The first-order chi connectivity index (χ1) is 12.9. The van der Waals surface area contributed by atoms with Crippen LogP contribution in [-0.2, 0) is 22.5 Å². The van der Waals surface area contributed by atoms with Crippen molar-refractivity contribution in [2.75, 3.05) is 18.8 Å². The third-order valence-corrected chi connectivity index (χ3v) is 6.56. The normalized spacial score (nSPS) is 20.2. The molecule has 1 fully saturated rings. The highest BCUT2D eigenvalue weighted by Crippen LogP contribution is 2.25. The Morgan fingerprint density at radius 3 is 2.78 bits per heavy atom. The van der Waals surface area contributed by atoms with Crippen LogP contribution in [0.15, 0.2) is 28.7 Å². The fourth-order valence-electron chi connectivity index (χ4n) is 3.22. The number of aromatic nitrogens is 2. The number of hydrogen-bond donors (Lipinski definition) is 0. The number of ether oxygens (including phenoxy) is 1. The van der Waals surface area contributed by atoms with Crippen molar-refractivity contribution >= 4 is 39.2 Å². The van der Waals surface area contributed by atoms with Crippen LogP contribution in [0.5, 0.6) is 0 Å². The van der Waals surface area contributed by atoms with E-state index in [1.807, 2.05) is 24.8 Å². The smallest absolute Gasteiger partial charge is 0.263 e. The minimum Gasteiger partial charge on any atom is -0.372 e. The number of allylic oxidation sites excluding steroid dienone is 1. The first kappa shape index (κ1) is 20.1. The summed E-state index contributed by atoms with van der Waals surface area (Å²) in [6.07, 6.45) is 2.62. The Morgan fingerprint density at radius 2 is 2.15 bits per heavy atom. The quantitative estimate of drug-likeness (QED) is 0.418. The molecule has 1 amide bonds. The molecule has 0 bridgehead atoms. The fraction of sp³-hybridized carbons (Fsp3) is 0.526. The van der Waals surface area contributed by atoms with E-state index in [9.17, 15) is 9.59 Å². The number of amides is 1. The number of rotatable bonds is 6. The van der Waals surface area contributed by atoms with Gasteiger partial charge in [-0.15, -0.1) is 17.9 Å². The Hall–Kier alpha value is -1.64. The summed E-state index contributed by atoms with van der Waals surface area (Å²) in [4.78, 5) is 33.9. The monoisotopic (exact) mass is 407 g/mol. The van der Waals surface area contributed by atoms with E-state index in [4.69, 9.17) is 4.74 Å². The summed E-state index contributed by atoms with van der Waals surface area (Å²) in [5.74, 6) is 0.294. The van der Waals surface area contributed by atoms with Gasteiger partial charge in [0.1, 0.15) is 4.83 Å². The van der Waals surface area contributed by atoms with Gasteiger partial charge in [0.15, 0.2) is 5.16 Å². The molecule has 0 radical (unpaired) electrons. The molecular formula is C19H25N3O3S2. The third kappa shape index (κ3) is 4.44. The topological polar surface area (TPSA) is 64.4 Å². The van der Waals surface area contributed by atoms with E-state index in [2.05, 4.69) is 18.5 Å². The van der Waals surface area contributed by atoms with Crippen molar-refractivity contribution < 1.29 is 9.53 Å². The molecule has 2 atom stereocenters. The molecule has 0 unspecified atom stereocenters.